The molecule has 3 heteroatoms. The Bertz CT molecular complexity index is 1160. The van der Waals surface area contributed by atoms with Gasteiger partial charge >= 0.3 is 0 Å². The number of para-hydroxylation sites is 1. The van der Waals surface area contributed by atoms with E-state index in [4.69, 9.17) is 4.74 Å². The van der Waals surface area contributed by atoms with Gasteiger partial charge in [0.15, 0.2) is 0 Å². The first-order chi connectivity index (χ1) is 14.4. The van der Waals surface area contributed by atoms with Crippen LogP contribution in [0.5, 0.6) is 5.75 Å². The van der Waals surface area contributed by atoms with Crippen LogP contribution in [0.1, 0.15) is 43.0 Å². The standard InChI is InChI=1S/C27H25NO2/c1-26(2,3)20-14-15-24-22(18-20)27(19-10-5-4-6-11-19)21-12-7-8-13-23(21)28(25(27)29)16-9-17-30-24/h4-15,17-18H,16H2,1-3H3/b17-9-. The number of anilines is 1. The largest absolute Gasteiger partial charge is 0.465 e. The van der Waals surface area contributed by atoms with Crippen LogP contribution in [0.2, 0.25) is 0 Å². The number of carbonyl (C=O) groups excluding carboxylic acids is 1. The summed E-state index contributed by atoms with van der Waals surface area (Å²) >= 11 is 0. The second kappa shape index (κ2) is 6.60. The van der Waals surface area contributed by atoms with Gasteiger partial charge in [0, 0.05) is 23.4 Å². The van der Waals surface area contributed by atoms with E-state index in [2.05, 4.69) is 51.1 Å². The molecule has 3 aromatic carbocycles. The fraction of sp³-hybridized carbons (Fsp3) is 0.222. The topological polar surface area (TPSA) is 29.5 Å². The molecule has 0 saturated carbocycles. The van der Waals surface area contributed by atoms with Gasteiger partial charge in [-0.25, -0.2) is 0 Å². The van der Waals surface area contributed by atoms with Gasteiger partial charge in [-0.15, -0.1) is 0 Å². The van der Waals surface area contributed by atoms with Crippen molar-refractivity contribution in [2.45, 2.75) is 31.6 Å². The molecule has 2 aliphatic rings. The maximum atomic E-state index is 14.3. The van der Waals surface area contributed by atoms with Gasteiger partial charge in [0.05, 0.1) is 6.26 Å². The van der Waals surface area contributed by atoms with Crippen LogP contribution in [0.25, 0.3) is 0 Å². The van der Waals surface area contributed by atoms with Crippen LogP contribution in [0, 0.1) is 0 Å². The average Bonchev–Trinajstić information content (AvgIpc) is 3.02. The van der Waals surface area contributed by atoms with E-state index in [1.807, 2.05) is 53.4 Å². The van der Waals surface area contributed by atoms with E-state index >= 15 is 0 Å². The molecule has 150 valence electrons. The number of carbonyl (C=O) groups is 1. The minimum atomic E-state index is -0.944. The summed E-state index contributed by atoms with van der Waals surface area (Å²) in [7, 11) is 0. The smallest absolute Gasteiger partial charge is 0.247 e. The van der Waals surface area contributed by atoms with Crippen molar-refractivity contribution < 1.29 is 9.53 Å². The molecular formula is C27H25NO2. The molecule has 2 heterocycles. The van der Waals surface area contributed by atoms with Crippen molar-refractivity contribution in [1.29, 1.82) is 0 Å². The number of fused-ring (bicyclic) bond motifs is 7. The molecular weight excluding hydrogens is 370 g/mol. The summed E-state index contributed by atoms with van der Waals surface area (Å²) in [4.78, 5) is 16.1. The van der Waals surface area contributed by atoms with Crippen molar-refractivity contribution in [2.75, 3.05) is 11.4 Å². The van der Waals surface area contributed by atoms with Crippen LogP contribution in [0.15, 0.2) is 85.1 Å². The molecule has 3 nitrogen and oxygen atoms in total. The lowest BCUT2D eigenvalue weighted by Gasteiger charge is -2.32. The summed E-state index contributed by atoms with van der Waals surface area (Å²) in [5.41, 5.74) is 4.00. The fourth-order valence-corrected chi connectivity index (χ4v) is 4.68. The summed E-state index contributed by atoms with van der Waals surface area (Å²) in [6.45, 7) is 7.05. The van der Waals surface area contributed by atoms with Crippen LogP contribution in [0.4, 0.5) is 5.69 Å². The number of hydrogen-bond acceptors (Lipinski definition) is 2. The molecule has 5 rings (SSSR count). The number of nitrogens with zero attached hydrogens (tertiary/aromatic N) is 1. The Labute approximate surface area is 177 Å². The molecule has 0 spiro atoms. The van der Waals surface area contributed by atoms with Gasteiger partial charge in [0.1, 0.15) is 11.2 Å². The molecule has 2 aliphatic heterocycles. The van der Waals surface area contributed by atoms with Gasteiger partial charge in [-0.2, -0.15) is 0 Å². The zero-order chi connectivity index (χ0) is 20.9. The summed E-state index contributed by atoms with van der Waals surface area (Å²) in [5, 5.41) is 0. The Balaban J connectivity index is 1.94. The maximum absolute atomic E-state index is 14.3. The molecule has 3 aromatic rings. The van der Waals surface area contributed by atoms with Gasteiger partial charge in [-0.3, -0.25) is 4.79 Å². The lowest BCUT2D eigenvalue weighted by molar-refractivity contribution is -0.120. The predicted molar refractivity (Wildman–Crippen MR) is 120 cm³/mol. The predicted octanol–water partition coefficient (Wildman–Crippen LogP) is 5.57. The van der Waals surface area contributed by atoms with Crippen LogP contribution in [0.3, 0.4) is 0 Å². The van der Waals surface area contributed by atoms with Gasteiger partial charge in [0.2, 0.25) is 5.91 Å². The minimum absolute atomic E-state index is 0.0535. The Kier molecular flexibility index (Phi) is 4.11. The highest BCUT2D eigenvalue weighted by atomic mass is 16.5. The van der Waals surface area contributed by atoms with E-state index in [0.717, 1.165) is 28.1 Å². The van der Waals surface area contributed by atoms with E-state index in [1.165, 1.54) is 5.56 Å². The van der Waals surface area contributed by atoms with E-state index in [-0.39, 0.29) is 11.3 Å². The first-order valence-electron chi connectivity index (χ1n) is 10.4. The van der Waals surface area contributed by atoms with Crippen LogP contribution in [-0.2, 0) is 15.6 Å². The molecule has 0 aromatic heterocycles. The summed E-state index contributed by atoms with van der Waals surface area (Å²) < 4.78 is 6.08. The van der Waals surface area contributed by atoms with E-state index in [9.17, 15) is 4.79 Å². The molecule has 0 fully saturated rings. The Morgan fingerprint density at radius 2 is 1.63 bits per heavy atom. The van der Waals surface area contributed by atoms with E-state index < -0.39 is 5.41 Å². The van der Waals surface area contributed by atoms with Crippen molar-refractivity contribution in [3.63, 3.8) is 0 Å². The Morgan fingerprint density at radius 3 is 2.40 bits per heavy atom. The van der Waals surface area contributed by atoms with E-state index in [1.54, 1.807) is 6.26 Å². The van der Waals surface area contributed by atoms with Crippen LogP contribution < -0.4 is 9.64 Å². The average molecular weight is 396 g/mol. The van der Waals surface area contributed by atoms with Crippen molar-refractivity contribution in [2.24, 2.45) is 0 Å². The highest BCUT2D eigenvalue weighted by Gasteiger charge is 2.54. The SMILES string of the molecule is CC(C)(C)c1ccc2c(c1)C1(c3ccccc3)C(=O)N(C/C=C\O2)c2ccccc21. The third kappa shape index (κ3) is 2.55. The normalized spacial score (nSPS) is 21.0. The molecule has 2 bridgehead atoms. The third-order valence-corrected chi connectivity index (χ3v) is 6.20. The number of hydrogen-bond donors (Lipinski definition) is 0. The number of amides is 1. The van der Waals surface area contributed by atoms with E-state index in [0.29, 0.717) is 6.54 Å². The summed E-state index contributed by atoms with van der Waals surface area (Å²) in [6, 6.07) is 24.5. The van der Waals surface area contributed by atoms with Crippen LogP contribution >= 0.6 is 0 Å². The molecule has 1 atom stereocenters. The first-order valence-corrected chi connectivity index (χ1v) is 10.4. The molecule has 0 radical (unpaired) electrons. The van der Waals surface area contributed by atoms with Crippen molar-refractivity contribution >= 4 is 11.6 Å². The number of rotatable bonds is 1. The van der Waals surface area contributed by atoms with Gasteiger partial charge < -0.3 is 9.64 Å². The highest BCUT2D eigenvalue weighted by Crippen LogP contribution is 2.53. The fourth-order valence-electron chi connectivity index (χ4n) is 4.68. The van der Waals surface area contributed by atoms with Crippen LogP contribution in [-0.4, -0.2) is 12.5 Å². The minimum Gasteiger partial charge on any atom is -0.465 e. The molecule has 30 heavy (non-hydrogen) atoms. The summed E-state index contributed by atoms with van der Waals surface area (Å²) in [5.74, 6) is 0.785. The number of benzene rings is 3. The molecule has 1 amide bonds. The number of ether oxygens (including phenoxy) is 1. The van der Waals surface area contributed by atoms with Gasteiger partial charge in [0.25, 0.3) is 0 Å². The Morgan fingerprint density at radius 1 is 0.900 bits per heavy atom. The lowest BCUT2D eigenvalue weighted by Crippen LogP contribution is -2.42. The van der Waals surface area contributed by atoms with Gasteiger partial charge in [-0.05, 0) is 40.8 Å². The van der Waals surface area contributed by atoms with Crippen molar-refractivity contribution in [3.8, 4) is 5.75 Å². The molecule has 0 aliphatic carbocycles. The Hall–Kier alpha value is -3.33. The quantitative estimate of drug-likeness (QED) is 0.539. The lowest BCUT2D eigenvalue weighted by atomic mass is 9.68. The molecule has 0 N–H and O–H groups in total. The molecule has 0 saturated heterocycles. The van der Waals surface area contributed by atoms with Gasteiger partial charge in [-0.1, -0.05) is 75.4 Å². The summed E-state index contributed by atoms with van der Waals surface area (Å²) in [6.07, 6.45) is 3.60. The second-order valence-corrected chi connectivity index (χ2v) is 9.00. The maximum Gasteiger partial charge on any atom is 0.247 e. The highest BCUT2D eigenvalue weighted by molar-refractivity contribution is 6.13. The zero-order valence-electron chi connectivity index (χ0n) is 17.6. The monoisotopic (exact) mass is 395 g/mol. The first kappa shape index (κ1) is 18.7. The van der Waals surface area contributed by atoms with Crippen molar-refractivity contribution in [1.82, 2.24) is 0 Å². The second-order valence-electron chi connectivity index (χ2n) is 9.00. The van der Waals surface area contributed by atoms with Crippen molar-refractivity contribution in [3.05, 3.63) is 107 Å². The molecule has 1 unspecified atom stereocenters. The third-order valence-electron chi connectivity index (χ3n) is 6.20. The zero-order valence-corrected chi connectivity index (χ0v) is 17.6.